The Hall–Kier alpha value is -1.55. The molecule has 0 aromatic heterocycles. The Balaban J connectivity index is 2.15. The van der Waals surface area contributed by atoms with Gasteiger partial charge in [-0.05, 0) is 48.9 Å². The van der Waals surface area contributed by atoms with E-state index in [2.05, 4.69) is 21.2 Å². The molecule has 0 radical (unpaired) electrons. The van der Waals surface area contributed by atoms with Crippen molar-refractivity contribution in [3.05, 3.63) is 58.3 Å². The fourth-order valence-corrected chi connectivity index (χ4v) is 2.09. The molecule has 100 valence electrons. The third-order valence-electron chi connectivity index (χ3n) is 2.90. The van der Waals surface area contributed by atoms with Gasteiger partial charge in [0.05, 0.1) is 7.11 Å². The van der Waals surface area contributed by atoms with Crippen LogP contribution in [0.2, 0.25) is 0 Å². The summed E-state index contributed by atoms with van der Waals surface area (Å²) < 4.78 is 19.4. The predicted octanol–water partition coefficient (Wildman–Crippen LogP) is 4.77. The van der Waals surface area contributed by atoms with Crippen LogP contribution >= 0.6 is 15.9 Å². The first kappa shape index (κ1) is 13.9. The second-order valence-corrected chi connectivity index (χ2v) is 5.18. The highest BCUT2D eigenvalue weighted by Crippen LogP contribution is 2.25. The Bertz CT molecular complexity index is 557. The van der Waals surface area contributed by atoms with Crippen molar-refractivity contribution in [1.82, 2.24) is 0 Å². The number of benzene rings is 2. The molecule has 2 nitrogen and oxygen atoms in total. The molecule has 0 heterocycles. The van der Waals surface area contributed by atoms with Crippen molar-refractivity contribution in [1.29, 1.82) is 0 Å². The van der Waals surface area contributed by atoms with Gasteiger partial charge in [-0.15, -0.1) is 0 Å². The van der Waals surface area contributed by atoms with Crippen molar-refractivity contribution in [2.24, 2.45) is 0 Å². The summed E-state index contributed by atoms with van der Waals surface area (Å²) in [6.07, 6.45) is 0. The SMILES string of the molecule is COc1cc(C(C)Nc2ccc(Br)cc2)ccc1F. The van der Waals surface area contributed by atoms with E-state index in [-0.39, 0.29) is 17.6 Å². The molecule has 19 heavy (non-hydrogen) atoms. The maximum absolute atomic E-state index is 13.4. The summed E-state index contributed by atoms with van der Waals surface area (Å²) in [5.74, 6) is -0.0796. The molecule has 2 rings (SSSR count). The Morgan fingerprint density at radius 1 is 1.16 bits per heavy atom. The van der Waals surface area contributed by atoms with Gasteiger partial charge in [0, 0.05) is 16.2 Å². The molecule has 0 saturated carbocycles. The molecule has 2 aromatic carbocycles. The Morgan fingerprint density at radius 3 is 2.47 bits per heavy atom. The van der Waals surface area contributed by atoms with E-state index in [1.807, 2.05) is 31.2 Å². The van der Waals surface area contributed by atoms with Gasteiger partial charge in [-0.1, -0.05) is 22.0 Å². The van der Waals surface area contributed by atoms with E-state index < -0.39 is 0 Å². The van der Waals surface area contributed by atoms with Gasteiger partial charge in [0.1, 0.15) is 0 Å². The molecule has 4 heteroatoms. The number of nitrogens with one attached hydrogen (secondary N) is 1. The number of ether oxygens (including phenoxy) is 1. The summed E-state index contributed by atoms with van der Waals surface area (Å²) >= 11 is 3.40. The third-order valence-corrected chi connectivity index (χ3v) is 3.43. The Morgan fingerprint density at radius 2 is 1.84 bits per heavy atom. The zero-order valence-corrected chi connectivity index (χ0v) is 12.4. The van der Waals surface area contributed by atoms with Crippen molar-refractivity contribution in [3.63, 3.8) is 0 Å². The molecular weight excluding hydrogens is 309 g/mol. The van der Waals surface area contributed by atoms with Gasteiger partial charge in [-0.25, -0.2) is 4.39 Å². The van der Waals surface area contributed by atoms with Gasteiger partial charge < -0.3 is 10.1 Å². The molecule has 1 unspecified atom stereocenters. The number of halogens is 2. The van der Waals surface area contributed by atoms with Gasteiger partial charge >= 0.3 is 0 Å². The summed E-state index contributed by atoms with van der Waals surface area (Å²) in [5.41, 5.74) is 1.99. The van der Waals surface area contributed by atoms with Crippen molar-refractivity contribution in [2.75, 3.05) is 12.4 Å². The summed E-state index contributed by atoms with van der Waals surface area (Å²) in [7, 11) is 1.47. The van der Waals surface area contributed by atoms with E-state index in [1.165, 1.54) is 13.2 Å². The van der Waals surface area contributed by atoms with Crippen LogP contribution < -0.4 is 10.1 Å². The first-order chi connectivity index (χ1) is 9.10. The van der Waals surface area contributed by atoms with Crippen LogP contribution in [0.5, 0.6) is 5.75 Å². The largest absolute Gasteiger partial charge is 0.494 e. The van der Waals surface area contributed by atoms with Gasteiger partial charge in [0.2, 0.25) is 0 Å². The van der Waals surface area contributed by atoms with Crippen LogP contribution in [-0.2, 0) is 0 Å². The molecule has 1 N–H and O–H groups in total. The quantitative estimate of drug-likeness (QED) is 0.875. The molecule has 0 aliphatic heterocycles. The molecule has 0 bridgehead atoms. The summed E-state index contributed by atoms with van der Waals surface area (Å²) in [4.78, 5) is 0. The number of rotatable bonds is 4. The van der Waals surface area contributed by atoms with Crippen LogP contribution in [0.3, 0.4) is 0 Å². The predicted molar refractivity (Wildman–Crippen MR) is 79.1 cm³/mol. The fraction of sp³-hybridized carbons (Fsp3) is 0.200. The lowest BCUT2D eigenvalue weighted by atomic mass is 10.1. The highest BCUT2D eigenvalue weighted by atomic mass is 79.9. The number of methoxy groups -OCH3 is 1. The number of hydrogen-bond acceptors (Lipinski definition) is 2. The molecule has 0 aliphatic rings. The van der Waals surface area contributed by atoms with E-state index in [0.717, 1.165) is 15.7 Å². The van der Waals surface area contributed by atoms with Gasteiger partial charge in [0.15, 0.2) is 11.6 Å². The van der Waals surface area contributed by atoms with Crippen LogP contribution in [0.1, 0.15) is 18.5 Å². The highest BCUT2D eigenvalue weighted by molar-refractivity contribution is 9.10. The molecule has 2 aromatic rings. The smallest absolute Gasteiger partial charge is 0.165 e. The minimum atomic E-state index is -0.345. The second kappa shape index (κ2) is 6.06. The zero-order valence-electron chi connectivity index (χ0n) is 10.8. The minimum Gasteiger partial charge on any atom is -0.494 e. The van der Waals surface area contributed by atoms with Crippen LogP contribution in [0.15, 0.2) is 46.9 Å². The standard InChI is InChI=1S/C15H15BrFNO/c1-10(18-13-6-4-12(16)5-7-13)11-3-8-14(17)15(9-11)19-2/h3-10,18H,1-2H3. The molecule has 0 amide bonds. The normalized spacial score (nSPS) is 12.0. The van der Waals surface area contributed by atoms with Gasteiger partial charge in [0.25, 0.3) is 0 Å². The molecule has 0 saturated heterocycles. The Labute approximate surface area is 120 Å². The van der Waals surface area contributed by atoms with E-state index in [0.29, 0.717) is 0 Å². The second-order valence-electron chi connectivity index (χ2n) is 4.27. The lowest BCUT2D eigenvalue weighted by Crippen LogP contribution is -2.07. The Kier molecular flexibility index (Phi) is 4.43. The topological polar surface area (TPSA) is 21.3 Å². The van der Waals surface area contributed by atoms with E-state index >= 15 is 0 Å². The fourth-order valence-electron chi connectivity index (χ4n) is 1.83. The highest BCUT2D eigenvalue weighted by Gasteiger charge is 2.09. The van der Waals surface area contributed by atoms with Crippen LogP contribution in [0.25, 0.3) is 0 Å². The molecule has 0 spiro atoms. The maximum atomic E-state index is 13.4. The van der Waals surface area contributed by atoms with E-state index in [9.17, 15) is 4.39 Å². The summed E-state index contributed by atoms with van der Waals surface area (Å²) in [5, 5.41) is 3.36. The monoisotopic (exact) mass is 323 g/mol. The average Bonchev–Trinajstić information content (AvgIpc) is 2.42. The lowest BCUT2D eigenvalue weighted by Gasteiger charge is -2.16. The number of anilines is 1. The van der Waals surface area contributed by atoms with Gasteiger partial charge in [-0.2, -0.15) is 0 Å². The number of hydrogen-bond donors (Lipinski definition) is 1. The van der Waals surface area contributed by atoms with Crippen molar-refractivity contribution >= 4 is 21.6 Å². The average molecular weight is 324 g/mol. The molecule has 0 fully saturated rings. The molecular formula is C15H15BrFNO. The zero-order chi connectivity index (χ0) is 13.8. The van der Waals surface area contributed by atoms with E-state index in [4.69, 9.17) is 4.74 Å². The first-order valence-electron chi connectivity index (χ1n) is 5.95. The third kappa shape index (κ3) is 3.47. The molecule has 1 atom stereocenters. The minimum absolute atomic E-state index is 0.0654. The van der Waals surface area contributed by atoms with Crippen molar-refractivity contribution in [2.45, 2.75) is 13.0 Å². The molecule has 0 aliphatic carbocycles. The van der Waals surface area contributed by atoms with Crippen LogP contribution in [0, 0.1) is 5.82 Å². The van der Waals surface area contributed by atoms with Crippen LogP contribution in [-0.4, -0.2) is 7.11 Å². The van der Waals surface area contributed by atoms with Crippen molar-refractivity contribution in [3.8, 4) is 5.75 Å². The summed E-state index contributed by atoms with van der Waals surface area (Å²) in [6.45, 7) is 2.02. The van der Waals surface area contributed by atoms with Crippen molar-refractivity contribution < 1.29 is 9.13 Å². The van der Waals surface area contributed by atoms with E-state index in [1.54, 1.807) is 12.1 Å². The van der Waals surface area contributed by atoms with Crippen LogP contribution in [0.4, 0.5) is 10.1 Å². The first-order valence-corrected chi connectivity index (χ1v) is 6.75. The summed E-state index contributed by atoms with van der Waals surface area (Å²) in [6, 6.07) is 12.9. The lowest BCUT2D eigenvalue weighted by molar-refractivity contribution is 0.385. The maximum Gasteiger partial charge on any atom is 0.165 e. The van der Waals surface area contributed by atoms with Gasteiger partial charge in [-0.3, -0.25) is 0 Å².